The minimum atomic E-state index is 0.378. The minimum absolute atomic E-state index is 0.378. The SMILES string of the molecule is CC#CCCCC(=O)CC(C)C. The molecule has 0 aliphatic rings. The Morgan fingerprint density at radius 1 is 1.42 bits per heavy atom. The number of hydrogen-bond acceptors (Lipinski definition) is 1. The summed E-state index contributed by atoms with van der Waals surface area (Å²) in [6, 6.07) is 0. The molecule has 0 saturated heterocycles. The summed E-state index contributed by atoms with van der Waals surface area (Å²) in [6.07, 6.45) is 3.21. The van der Waals surface area contributed by atoms with Crippen LogP contribution in [0.15, 0.2) is 0 Å². The van der Waals surface area contributed by atoms with E-state index >= 15 is 0 Å². The molecular formula is C11H18O. The molecule has 0 aliphatic heterocycles. The van der Waals surface area contributed by atoms with Crippen molar-refractivity contribution in [2.45, 2.75) is 46.5 Å². The Balaban J connectivity index is 3.36. The molecule has 12 heavy (non-hydrogen) atoms. The number of carbonyl (C=O) groups is 1. The van der Waals surface area contributed by atoms with Crippen molar-refractivity contribution < 1.29 is 4.79 Å². The summed E-state index contributed by atoms with van der Waals surface area (Å²) in [5.41, 5.74) is 0. The molecule has 0 heterocycles. The molecule has 0 saturated carbocycles. The maximum atomic E-state index is 11.2. The molecular weight excluding hydrogens is 148 g/mol. The molecule has 0 amide bonds. The zero-order valence-electron chi connectivity index (χ0n) is 8.31. The van der Waals surface area contributed by atoms with Gasteiger partial charge >= 0.3 is 0 Å². The van der Waals surface area contributed by atoms with Crippen molar-refractivity contribution in [2.75, 3.05) is 0 Å². The standard InChI is InChI=1S/C11H18O/c1-4-5-6-7-8-11(12)9-10(2)3/h10H,6-9H2,1-3H3. The molecule has 0 bridgehead atoms. The highest BCUT2D eigenvalue weighted by molar-refractivity contribution is 5.78. The summed E-state index contributed by atoms with van der Waals surface area (Å²) >= 11 is 0. The first kappa shape index (κ1) is 11.2. The van der Waals surface area contributed by atoms with Crippen molar-refractivity contribution >= 4 is 5.78 Å². The van der Waals surface area contributed by atoms with Gasteiger partial charge < -0.3 is 0 Å². The maximum Gasteiger partial charge on any atom is 0.133 e. The van der Waals surface area contributed by atoms with E-state index < -0.39 is 0 Å². The topological polar surface area (TPSA) is 17.1 Å². The predicted molar refractivity (Wildman–Crippen MR) is 51.8 cm³/mol. The van der Waals surface area contributed by atoms with Crippen LogP contribution in [-0.4, -0.2) is 5.78 Å². The van der Waals surface area contributed by atoms with E-state index in [2.05, 4.69) is 25.7 Å². The van der Waals surface area contributed by atoms with Crippen LogP contribution in [0, 0.1) is 17.8 Å². The van der Waals surface area contributed by atoms with Crippen LogP contribution in [0.25, 0.3) is 0 Å². The molecule has 0 aromatic rings. The molecule has 0 radical (unpaired) electrons. The lowest BCUT2D eigenvalue weighted by atomic mass is 10.0. The molecule has 0 unspecified atom stereocenters. The molecule has 0 N–H and O–H groups in total. The van der Waals surface area contributed by atoms with Gasteiger partial charge in [-0.3, -0.25) is 4.79 Å². The van der Waals surface area contributed by atoms with Crippen molar-refractivity contribution in [1.29, 1.82) is 0 Å². The van der Waals surface area contributed by atoms with Gasteiger partial charge in [-0.05, 0) is 19.3 Å². The van der Waals surface area contributed by atoms with Gasteiger partial charge in [0.1, 0.15) is 5.78 Å². The van der Waals surface area contributed by atoms with Crippen LogP contribution in [0.4, 0.5) is 0 Å². The molecule has 0 atom stereocenters. The monoisotopic (exact) mass is 166 g/mol. The van der Waals surface area contributed by atoms with Gasteiger partial charge in [-0.1, -0.05) is 13.8 Å². The number of ketones is 1. The van der Waals surface area contributed by atoms with E-state index in [0.29, 0.717) is 18.1 Å². The highest BCUT2D eigenvalue weighted by Gasteiger charge is 2.03. The van der Waals surface area contributed by atoms with Crippen LogP contribution in [0.5, 0.6) is 0 Å². The number of unbranched alkanes of at least 4 members (excludes halogenated alkanes) is 1. The first-order valence-electron chi connectivity index (χ1n) is 4.58. The fraction of sp³-hybridized carbons (Fsp3) is 0.727. The van der Waals surface area contributed by atoms with E-state index in [9.17, 15) is 4.79 Å². The molecule has 0 fully saturated rings. The summed E-state index contributed by atoms with van der Waals surface area (Å²) in [5.74, 6) is 6.65. The van der Waals surface area contributed by atoms with Crippen molar-refractivity contribution in [3.63, 3.8) is 0 Å². The van der Waals surface area contributed by atoms with Gasteiger partial charge in [-0.15, -0.1) is 11.8 Å². The fourth-order valence-electron chi connectivity index (χ4n) is 1.06. The molecule has 0 aliphatic carbocycles. The van der Waals surface area contributed by atoms with Crippen LogP contribution >= 0.6 is 0 Å². The first-order valence-corrected chi connectivity index (χ1v) is 4.58. The zero-order chi connectivity index (χ0) is 9.40. The summed E-state index contributed by atoms with van der Waals surface area (Å²) in [4.78, 5) is 11.2. The van der Waals surface area contributed by atoms with Crippen molar-refractivity contribution in [1.82, 2.24) is 0 Å². The van der Waals surface area contributed by atoms with Crippen LogP contribution in [-0.2, 0) is 4.79 Å². The maximum absolute atomic E-state index is 11.2. The number of Topliss-reactive ketones (excluding diaryl/α,β-unsaturated/α-hetero) is 1. The lowest BCUT2D eigenvalue weighted by Gasteiger charge is -2.01. The van der Waals surface area contributed by atoms with Gasteiger partial charge in [0.25, 0.3) is 0 Å². The van der Waals surface area contributed by atoms with Crippen molar-refractivity contribution in [3.8, 4) is 11.8 Å². The predicted octanol–water partition coefficient (Wildman–Crippen LogP) is 2.80. The Kier molecular flexibility index (Phi) is 6.47. The van der Waals surface area contributed by atoms with Crippen molar-refractivity contribution in [3.05, 3.63) is 0 Å². The second-order valence-electron chi connectivity index (χ2n) is 3.42. The van der Waals surface area contributed by atoms with E-state index in [-0.39, 0.29) is 0 Å². The third kappa shape index (κ3) is 7.34. The van der Waals surface area contributed by atoms with E-state index in [1.54, 1.807) is 0 Å². The average molecular weight is 166 g/mol. The highest BCUT2D eigenvalue weighted by Crippen LogP contribution is 2.05. The number of rotatable bonds is 5. The van der Waals surface area contributed by atoms with Gasteiger partial charge in [0.05, 0.1) is 0 Å². The van der Waals surface area contributed by atoms with Crippen LogP contribution < -0.4 is 0 Å². The molecule has 0 rings (SSSR count). The summed E-state index contributed by atoms with van der Waals surface area (Å²) in [5, 5.41) is 0. The molecule has 0 aromatic heterocycles. The van der Waals surface area contributed by atoms with Crippen LogP contribution in [0.3, 0.4) is 0 Å². The Labute approximate surface area is 75.5 Å². The first-order chi connectivity index (χ1) is 5.66. The van der Waals surface area contributed by atoms with E-state index in [1.165, 1.54) is 0 Å². The van der Waals surface area contributed by atoms with E-state index in [1.807, 2.05) is 6.92 Å². The lowest BCUT2D eigenvalue weighted by molar-refractivity contribution is -0.119. The number of hydrogen-bond donors (Lipinski definition) is 0. The normalized spacial score (nSPS) is 9.33. The lowest BCUT2D eigenvalue weighted by Crippen LogP contribution is -2.01. The quantitative estimate of drug-likeness (QED) is 0.453. The van der Waals surface area contributed by atoms with Gasteiger partial charge in [-0.2, -0.15) is 0 Å². The Morgan fingerprint density at radius 3 is 2.58 bits per heavy atom. The molecule has 0 spiro atoms. The summed E-state index contributed by atoms with van der Waals surface area (Å²) in [6.45, 7) is 5.98. The third-order valence-electron chi connectivity index (χ3n) is 1.57. The molecule has 68 valence electrons. The smallest absolute Gasteiger partial charge is 0.133 e. The zero-order valence-corrected chi connectivity index (χ0v) is 8.31. The highest BCUT2D eigenvalue weighted by atomic mass is 16.1. The Bertz CT molecular complexity index is 181. The van der Waals surface area contributed by atoms with Gasteiger partial charge in [0, 0.05) is 19.3 Å². The fourth-order valence-corrected chi connectivity index (χ4v) is 1.06. The van der Waals surface area contributed by atoms with E-state index in [0.717, 1.165) is 19.3 Å². The minimum Gasteiger partial charge on any atom is -0.300 e. The largest absolute Gasteiger partial charge is 0.300 e. The average Bonchev–Trinajstić information content (AvgIpc) is 1.97. The van der Waals surface area contributed by atoms with Gasteiger partial charge in [0.2, 0.25) is 0 Å². The van der Waals surface area contributed by atoms with E-state index in [4.69, 9.17) is 0 Å². The molecule has 1 nitrogen and oxygen atoms in total. The Morgan fingerprint density at radius 2 is 2.08 bits per heavy atom. The van der Waals surface area contributed by atoms with Gasteiger partial charge in [-0.25, -0.2) is 0 Å². The second-order valence-corrected chi connectivity index (χ2v) is 3.42. The van der Waals surface area contributed by atoms with Crippen molar-refractivity contribution in [2.24, 2.45) is 5.92 Å². The second kappa shape index (κ2) is 6.91. The molecule has 0 aromatic carbocycles. The summed E-state index contributed by atoms with van der Waals surface area (Å²) in [7, 11) is 0. The molecule has 1 heteroatoms. The van der Waals surface area contributed by atoms with Crippen LogP contribution in [0.1, 0.15) is 46.5 Å². The third-order valence-corrected chi connectivity index (χ3v) is 1.57. The number of carbonyl (C=O) groups excluding carboxylic acids is 1. The Hall–Kier alpha value is -0.770. The van der Waals surface area contributed by atoms with Crippen LogP contribution in [0.2, 0.25) is 0 Å². The summed E-state index contributed by atoms with van der Waals surface area (Å²) < 4.78 is 0. The van der Waals surface area contributed by atoms with Gasteiger partial charge in [0.15, 0.2) is 0 Å².